The summed E-state index contributed by atoms with van der Waals surface area (Å²) in [7, 11) is 0. The van der Waals surface area contributed by atoms with Gasteiger partial charge in [0.05, 0.1) is 17.6 Å². The summed E-state index contributed by atoms with van der Waals surface area (Å²) in [4.78, 5) is 28.2. The van der Waals surface area contributed by atoms with E-state index in [2.05, 4.69) is 50.1 Å². The Labute approximate surface area is 149 Å². The van der Waals surface area contributed by atoms with E-state index in [0.717, 1.165) is 16.9 Å². The Hall–Kier alpha value is -3.23. The number of hydrogen-bond acceptors (Lipinski definition) is 6. The van der Waals surface area contributed by atoms with Crippen LogP contribution < -0.4 is 5.32 Å². The number of nitrogens with one attached hydrogen (secondary N) is 2. The number of nitrogens with zero attached hydrogens (tertiary/aromatic N) is 3. The van der Waals surface area contributed by atoms with Crippen molar-refractivity contribution in [3.05, 3.63) is 40.5 Å². The Kier molecular flexibility index (Phi) is 6.42. The maximum Gasteiger partial charge on any atom is 0.290 e. The number of aryl methyl sites for hydroxylation is 4. The Morgan fingerprint density at radius 2 is 2.04 bits per heavy atom. The van der Waals surface area contributed by atoms with E-state index in [1.54, 1.807) is 6.92 Å². The van der Waals surface area contributed by atoms with Crippen molar-refractivity contribution in [1.82, 2.24) is 25.6 Å². The van der Waals surface area contributed by atoms with Crippen molar-refractivity contribution >= 4 is 23.4 Å². The van der Waals surface area contributed by atoms with E-state index in [1.807, 2.05) is 6.07 Å². The van der Waals surface area contributed by atoms with Crippen LogP contribution in [0.1, 0.15) is 34.8 Å². The van der Waals surface area contributed by atoms with Crippen LogP contribution >= 0.6 is 0 Å². The Morgan fingerprint density at radius 3 is 2.69 bits per heavy atom. The molecular weight excluding hydrogens is 338 g/mol. The van der Waals surface area contributed by atoms with Crippen LogP contribution in [-0.2, 0) is 22.6 Å². The quantitative estimate of drug-likeness (QED) is 0.591. The summed E-state index contributed by atoms with van der Waals surface area (Å²) in [5.74, 6) is 0.767. The fourth-order valence-corrected chi connectivity index (χ4v) is 2.40. The average Bonchev–Trinajstić information content (AvgIpc) is 3.21. The first-order valence-corrected chi connectivity index (χ1v) is 8.03. The molecule has 2 aromatic heterocycles. The molecule has 138 valence electrons. The van der Waals surface area contributed by atoms with Crippen LogP contribution in [0.25, 0.3) is 11.0 Å². The Balaban J connectivity index is 0.000000758. The number of aromatic nitrogens is 4. The molecule has 2 heterocycles. The van der Waals surface area contributed by atoms with Gasteiger partial charge in [0.15, 0.2) is 0 Å². The van der Waals surface area contributed by atoms with Crippen LogP contribution in [-0.4, -0.2) is 37.8 Å². The molecule has 0 fully saturated rings. The highest BCUT2D eigenvalue weighted by Gasteiger charge is 2.10. The normalized spacial score (nSPS) is 10.3. The first-order valence-electron chi connectivity index (χ1n) is 8.03. The van der Waals surface area contributed by atoms with Gasteiger partial charge in [0.25, 0.3) is 6.47 Å². The minimum absolute atomic E-state index is 0.0549. The van der Waals surface area contributed by atoms with E-state index < -0.39 is 0 Å². The Bertz CT molecular complexity index is 900. The maximum atomic E-state index is 11.9. The zero-order valence-electron chi connectivity index (χ0n) is 14.9. The molecule has 0 spiro atoms. The van der Waals surface area contributed by atoms with E-state index in [1.165, 1.54) is 11.1 Å². The van der Waals surface area contributed by atoms with E-state index in [0.29, 0.717) is 30.8 Å². The number of amides is 1. The molecule has 3 rings (SSSR count). The molecular formula is C17H21N5O4. The van der Waals surface area contributed by atoms with Gasteiger partial charge in [0, 0.05) is 12.8 Å². The lowest BCUT2D eigenvalue weighted by molar-refractivity contribution is -0.123. The molecule has 9 heteroatoms. The Morgan fingerprint density at radius 1 is 1.31 bits per heavy atom. The molecule has 1 aromatic carbocycles. The molecule has 0 radical (unpaired) electrons. The van der Waals surface area contributed by atoms with E-state index in [9.17, 15) is 4.79 Å². The van der Waals surface area contributed by atoms with Gasteiger partial charge < -0.3 is 15.4 Å². The molecule has 0 saturated heterocycles. The van der Waals surface area contributed by atoms with Gasteiger partial charge in [0.1, 0.15) is 17.2 Å². The van der Waals surface area contributed by atoms with Gasteiger partial charge in [0.2, 0.25) is 5.91 Å². The third-order valence-corrected chi connectivity index (χ3v) is 4.02. The third kappa shape index (κ3) is 4.65. The summed E-state index contributed by atoms with van der Waals surface area (Å²) >= 11 is 0. The van der Waals surface area contributed by atoms with Gasteiger partial charge in [-0.1, -0.05) is 16.4 Å². The molecule has 9 nitrogen and oxygen atoms in total. The minimum Gasteiger partial charge on any atom is -0.483 e. The van der Waals surface area contributed by atoms with Gasteiger partial charge in [-0.3, -0.25) is 9.59 Å². The molecule has 26 heavy (non-hydrogen) atoms. The monoisotopic (exact) mass is 359 g/mol. The number of carbonyl (C=O) groups is 2. The molecule has 0 aliphatic rings. The topological polar surface area (TPSA) is 134 Å². The lowest BCUT2D eigenvalue weighted by Gasteiger charge is -2.01. The van der Waals surface area contributed by atoms with Crippen LogP contribution in [0.3, 0.4) is 0 Å². The molecule has 0 atom stereocenters. The number of imidazole rings is 1. The average molecular weight is 359 g/mol. The molecule has 0 aliphatic heterocycles. The standard InChI is InChI=1S/C16H19N5O2.CH2O2/c1-9-4-5-12-16(10(9)2)19-14(18-12)6-7-15(22)17-8-13-11(3)20-23-21-13;2-1-3/h4-5H,6-8H2,1-3H3,(H,17,22)(H,18,19);1H,(H,2,3). The van der Waals surface area contributed by atoms with E-state index >= 15 is 0 Å². The molecule has 0 aliphatic carbocycles. The van der Waals surface area contributed by atoms with Crippen molar-refractivity contribution in [3.63, 3.8) is 0 Å². The highest BCUT2D eigenvalue weighted by molar-refractivity contribution is 5.80. The van der Waals surface area contributed by atoms with Crippen LogP contribution in [0, 0.1) is 20.8 Å². The SMILES string of the molecule is Cc1ccc2[nH]c(CCC(=O)NCc3nonc3C)nc2c1C.O=CO. The van der Waals surface area contributed by atoms with E-state index in [4.69, 9.17) is 9.90 Å². The lowest BCUT2D eigenvalue weighted by Crippen LogP contribution is -2.23. The summed E-state index contributed by atoms with van der Waals surface area (Å²) in [6, 6.07) is 4.09. The predicted octanol–water partition coefficient (Wildman–Crippen LogP) is 1.82. The zero-order chi connectivity index (χ0) is 19.1. The third-order valence-electron chi connectivity index (χ3n) is 4.02. The molecule has 0 bridgehead atoms. The van der Waals surface area contributed by atoms with Crippen molar-refractivity contribution in [2.24, 2.45) is 0 Å². The number of benzene rings is 1. The van der Waals surface area contributed by atoms with Crippen molar-refractivity contribution < 1.29 is 19.3 Å². The number of carbonyl (C=O) groups excluding carboxylic acids is 1. The molecule has 3 N–H and O–H groups in total. The van der Waals surface area contributed by atoms with Gasteiger partial charge >= 0.3 is 0 Å². The molecule has 1 amide bonds. The maximum absolute atomic E-state index is 11.9. The lowest BCUT2D eigenvalue weighted by atomic mass is 10.1. The van der Waals surface area contributed by atoms with Crippen LogP contribution in [0.4, 0.5) is 0 Å². The fourth-order valence-electron chi connectivity index (χ4n) is 2.40. The van der Waals surface area contributed by atoms with Crippen molar-refractivity contribution in [3.8, 4) is 0 Å². The van der Waals surface area contributed by atoms with Gasteiger partial charge in [-0.05, 0) is 38.0 Å². The number of rotatable bonds is 5. The van der Waals surface area contributed by atoms with Crippen LogP contribution in [0.15, 0.2) is 16.8 Å². The van der Waals surface area contributed by atoms with Gasteiger partial charge in [-0.25, -0.2) is 9.61 Å². The van der Waals surface area contributed by atoms with Crippen LogP contribution in [0.5, 0.6) is 0 Å². The summed E-state index contributed by atoms with van der Waals surface area (Å²) in [6.45, 7) is 5.99. The highest BCUT2D eigenvalue weighted by atomic mass is 16.6. The number of carboxylic acid groups (broad SMARTS) is 1. The first kappa shape index (κ1) is 19.1. The number of aromatic amines is 1. The molecule has 3 aromatic rings. The number of hydrogen-bond donors (Lipinski definition) is 3. The second-order valence-corrected chi connectivity index (χ2v) is 5.77. The first-order chi connectivity index (χ1) is 12.5. The summed E-state index contributed by atoms with van der Waals surface area (Å²) in [6.07, 6.45) is 0.928. The minimum atomic E-state index is -0.250. The number of H-pyrrole nitrogens is 1. The van der Waals surface area contributed by atoms with Gasteiger partial charge in [-0.15, -0.1) is 0 Å². The van der Waals surface area contributed by atoms with E-state index in [-0.39, 0.29) is 12.4 Å². The second kappa shape index (κ2) is 8.75. The summed E-state index contributed by atoms with van der Waals surface area (Å²) < 4.78 is 4.60. The molecule has 0 saturated carbocycles. The summed E-state index contributed by atoms with van der Waals surface area (Å²) in [5.41, 5.74) is 5.70. The zero-order valence-corrected chi connectivity index (χ0v) is 14.9. The van der Waals surface area contributed by atoms with Gasteiger partial charge in [-0.2, -0.15) is 0 Å². The second-order valence-electron chi connectivity index (χ2n) is 5.77. The number of fused-ring (bicyclic) bond motifs is 1. The largest absolute Gasteiger partial charge is 0.483 e. The smallest absolute Gasteiger partial charge is 0.290 e. The highest BCUT2D eigenvalue weighted by Crippen LogP contribution is 2.19. The van der Waals surface area contributed by atoms with Crippen molar-refractivity contribution in [2.45, 2.75) is 40.2 Å². The van der Waals surface area contributed by atoms with Crippen LogP contribution in [0.2, 0.25) is 0 Å². The van der Waals surface area contributed by atoms with Crippen molar-refractivity contribution in [2.75, 3.05) is 0 Å². The predicted molar refractivity (Wildman–Crippen MR) is 93.5 cm³/mol. The van der Waals surface area contributed by atoms with Crippen molar-refractivity contribution in [1.29, 1.82) is 0 Å². The fraction of sp³-hybridized carbons (Fsp3) is 0.353. The summed E-state index contributed by atoms with van der Waals surface area (Å²) in [5, 5.41) is 17.1. The molecule has 0 unspecified atom stereocenters.